The van der Waals surface area contributed by atoms with Gasteiger partial charge in [0.2, 0.25) is 5.78 Å². The molecule has 0 aromatic carbocycles. The van der Waals surface area contributed by atoms with Gasteiger partial charge in [0, 0.05) is 41.2 Å². The molecule has 3 aliphatic carbocycles. The normalized spacial score (nSPS) is 39.2. The molecule has 6 rings (SSSR count). The van der Waals surface area contributed by atoms with Gasteiger partial charge in [-0.2, -0.15) is 0 Å². The maximum atomic E-state index is 13.0. The molecule has 2 aliphatic heterocycles. The average Bonchev–Trinajstić information content (AvgIpc) is 3.07. The fourth-order valence-corrected chi connectivity index (χ4v) is 5.77. The van der Waals surface area contributed by atoms with Crippen molar-refractivity contribution in [1.82, 2.24) is 14.5 Å². The van der Waals surface area contributed by atoms with Crippen molar-refractivity contribution in [3.63, 3.8) is 0 Å². The van der Waals surface area contributed by atoms with Crippen LogP contribution >= 0.6 is 0 Å². The molecule has 3 heterocycles. The minimum atomic E-state index is -0.558. The lowest BCUT2D eigenvalue weighted by atomic mass is 9.94. The Labute approximate surface area is 180 Å². The summed E-state index contributed by atoms with van der Waals surface area (Å²) in [4.78, 5) is 36.4. The van der Waals surface area contributed by atoms with Gasteiger partial charge in [-0.05, 0) is 37.2 Å². The monoisotopic (exact) mass is 418 g/mol. The van der Waals surface area contributed by atoms with Crippen LogP contribution in [0.1, 0.15) is 49.7 Å². The van der Waals surface area contributed by atoms with Gasteiger partial charge in [-0.25, -0.2) is 4.98 Å². The molecule has 1 aromatic rings. The Morgan fingerprint density at radius 1 is 1.29 bits per heavy atom. The van der Waals surface area contributed by atoms with Crippen molar-refractivity contribution >= 4 is 17.9 Å². The van der Waals surface area contributed by atoms with Gasteiger partial charge in [0.05, 0.1) is 12.3 Å². The van der Waals surface area contributed by atoms with E-state index in [9.17, 15) is 9.59 Å². The van der Waals surface area contributed by atoms with Gasteiger partial charge in [-0.1, -0.05) is 25.2 Å². The van der Waals surface area contributed by atoms with Gasteiger partial charge in [0.15, 0.2) is 12.0 Å². The number of hydrogen-bond donors (Lipinski definition) is 2. The lowest BCUT2D eigenvalue weighted by molar-refractivity contribution is -0.142. The number of ketones is 1. The summed E-state index contributed by atoms with van der Waals surface area (Å²) in [6.07, 6.45) is 14.8. The van der Waals surface area contributed by atoms with Crippen LogP contribution in [0.2, 0.25) is 0 Å². The van der Waals surface area contributed by atoms with Crippen molar-refractivity contribution in [3.8, 4) is 0 Å². The first kappa shape index (κ1) is 18.9. The molecule has 3 unspecified atom stereocenters. The van der Waals surface area contributed by atoms with Crippen molar-refractivity contribution in [3.05, 3.63) is 53.8 Å². The molecule has 2 fully saturated rings. The number of carbonyl (C=O) groups excluding carboxylic acids is 2. The van der Waals surface area contributed by atoms with E-state index in [0.29, 0.717) is 17.4 Å². The first-order valence-corrected chi connectivity index (χ1v) is 11.0. The van der Waals surface area contributed by atoms with E-state index in [1.54, 1.807) is 18.5 Å². The first-order valence-electron chi connectivity index (χ1n) is 11.0. The van der Waals surface area contributed by atoms with E-state index in [0.717, 1.165) is 30.8 Å². The fraction of sp³-hybridized carbons (Fsp3) is 0.478. The van der Waals surface area contributed by atoms with E-state index in [4.69, 9.17) is 11.5 Å². The third kappa shape index (κ3) is 2.61. The highest BCUT2D eigenvalue weighted by atomic mass is 16.2. The molecule has 0 saturated heterocycles. The molecular formula is C23H26N6O2. The van der Waals surface area contributed by atoms with Crippen molar-refractivity contribution in [1.29, 1.82) is 0 Å². The second-order valence-electron chi connectivity index (χ2n) is 9.58. The second kappa shape index (κ2) is 6.34. The van der Waals surface area contributed by atoms with Crippen LogP contribution in [0.15, 0.2) is 47.3 Å². The van der Waals surface area contributed by atoms with Gasteiger partial charge in [0.25, 0.3) is 0 Å². The maximum Gasteiger partial charge on any atom is 0.300 e. The quantitative estimate of drug-likeness (QED) is 0.714. The molecule has 1 amide bonds. The van der Waals surface area contributed by atoms with E-state index < -0.39 is 17.9 Å². The molecule has 2 saturated carbocycles. The van der Waals surface area contributed by atoms with Crippen LogP contribution < -0.4 is 11.5 Å². The molecule has 1 aromatic heterocycles. The maximum absolute atomic E-state index is 13.0. The number of allylic oxidation sites excluding steroid dienone is 3. The summed E-state index contributed by atoms with van der Waals surface area (Å²) in [6.45, 7) is 2.08. The first-order chi connectivity index (χ1) is 14.9. The number of amides is 1. The number of imidazole rings is 1. The Kier molecular flexibility index (Phi) is 3.86. The minimum Gasteiger partial charge on any atom is -0.327 e. The van der Waals surface area contributed by atoms with Crippen LogP contribution in [0.5, 0.6) is 0 Å². The third-order valence-corrected chi connectivity index (χ3v) is 7.67. The van der Waals surface area contributed by atoms with Crippen LogP contribution in [0.4, 0.5) is 0 Å². The largest absolute Gasteiger partial charge is 0.327 e. The van der Waals surface area contributed by atoms with Crippen molar-refractivity contribution < 1.29 is 9.59 Å². The van der Waals surface area contributed by atoms with Gasteiger partial charge in [-0.15, -0.1) is 0 Å². The highest BCUT2D eigenvalue weighted by molar-refractivity contribution is 6.43. The fourth-order valence-electron chi connectivity index (χ4n) is 5.77. The molecule has 5 aliphatic rings. The van der Waals surface area contributed by atoms with Crippen LogP contribution in [0, 0.1) is 11.8 Å². The zero-order chi connectivity index (χ0) is 21.5. The molecule has 0 bridgehead atoms. The van der Waals surface area contributed by atoms with E-state index in [2.05, 4.69) is 21.5 Å². The topological polar surface area (TPSA) is 120 Å². The number of aliphatic imine (C=N–C) groups is 1. The van der Waals surface area contributed by atoms with Crippen LogP contribution in [-0.4, -0.2) is 50.1 Å². The molecule has 0 spiro atoms. The molecule has 8 heteroatoms. The van der Waals surface area contributed by atoms with E-state index in [1.807, 2.05) is 24.4 Å². The lowest BCUT2D eigenvalue weighted by Crippen LogP contribution is -2.43. The molecule has 7 atom stereocenters. The number of hydrogen-bond acceptors (Lipinski definition) is 6. The number of rotatable bonds is 3. The Hall–Kier alpha value is -2.84. The number of nitrogens with two attached hydrogens (primary N) is 2. The molecule has 4 N–H and O–H groups in total. The second-order valence-corrected chi connectivity index (χ2v) is 9.58. The molecule has 8 nitrogen and oxygen atoms in total. The lowest BCUT2D eigenvalue weighted by Gasteiger charge is -2.31. The van der Waals surface area contributed by atoms with Gasteiger partial charge >= 0.3 is 5.91 Å². The Morgan fingerprint density at radius 3 is 2.81 bits per heavy atom. The number of nitrogens with zero attached hydrogens (tertiary/aromatic N) is 4. The van der Waals surface area contributed by atoms with Crippen molar-refractivity contribution in [2.24, 2.45) is 28.3 Å². The smallest absolute Gasteiger partial charge is 0.300 e. The standard InChI is InChI=1S/C23H26N6O2/c1-12-2-4-13(5-3-12)20(30)22(31)28-7-6-17-21(28)27-11-19-26-10-18(29(17)19)14-8-16(24)15-9-23(14,15)25/h2,4-7,10-12,14-17,21H,3,8-9,24-25H2,1H3/t12?,14-,15+,16-,17?,21?,23+/m1/s1. The minimum absolute atomic E-state index is 0.114. The van der Waals surface area contributed by atoms with Crippen molar-refractivity contribution in [2.75, 3.05) is 0 Å². The van der Waals surface area contributed by atoms with Crippen LogP contribution in [0.25, 0.3) is 0 Å². The molecule has 0 radical (unpaired) electrons. The van der Waals surface area contributed by atoms with Crippen LogP contribution in [0.3, 0.4) is 0 Å². The summed E-state index contributed by atoms with van der Waals surface area (Å²) >= 11 is 0. The number of Topliss-reactive ketones (excluding diaryl/α,β-unsaturated/α-hetero) is 1. The number of fused-ring (bicyclic) bond motifs is 4. The van der Waals surface area contributed by atoms with Crippen molar-refractivity contribution in [2.45, 2.75) is 55.9 Å². The predicted octanol–water partition coefficient (Wildman–Crippen LogP) is 1.16. The van der Waals surface area contributed by atoms with Gasteiger partial charge < -0.3 is 16.0 Å². The van der Waals surface area contributed by atoms with Crippen LogP contribution in [-0.2, 0) is 9.59 Å². The molecule has 31 heavy (non-hydrogen) atoms. The summed E-state index contributed by atoms with van der Waals surface area (Å²) in [6, 6.07) is -0.0914. The number of aromatic nitrogens is 2. The average molecular weight is 419 g/mol. The van der Waals surface area contributed by atoms with E-state index in [1.165, 1.54) is 4.90 Å². The number of carbonyl (C=O) groups is 2. The van der Waals surface area contributed by atoms with Gasteiger partial charge in [-0.3, -0.25) is 19.5 Å². The Bertz CT molecular complexity index is 1110. The molecule has 160 valence electrons. The highest BCUT2D eigenvalue weighted by Gasteiger charge is 2.65. The summed E-state index contributed by atoms with van der Waals surface area (Å²) in [5.41, 5.74) is 14.2. The predicted molar refractivity (Wildman–Crippen MR) is 115 cm³/mol. The summed E-state index contributed by atoms with van der Waals surface area (Å²) in [5, 5.41) is 0. The Balaban J connectivity index is 1.28. The van der Waals surface area contributed by atoms with E-state index in [-0.39, 0.29) is 23.5 Å². The molecular weight excluding hydrogens is 392 g/mol. The summed E-state index contributed by atoms with van der Waals surface area (Å²) in [5.74, 6) is 0.575. The van der Waals surface area contributed by atoms with E-state index >= 15 is 0 Å². The summed E-state index contributed by atoms with van der Waals surface area (Å²) in [7, 11) is 0. The zero-order valence-electron chi connectivity index (χ0n) is 17.4. The summed E-state index contributed by atoms with van der Waals surface area (Å²) < 4.78 is 2.13. The Morgan fingerprint density at radius 2 is 2.13 bits per heavy atom. The SMILES string of the molecule is CC1C=CC(C(=O)C(=O)N2C=CC3C2N=Cc2ncc([C@H]4C[C@@H](N)[C@@H]5C[C@]45N)n23)=CC1. The zero-order valence-corrected chi connectivity index (χ0v) is 17.4. The third-order valence-electron chi connectivity index (χ3n) is 7.67. The van der Waals surface area contributed by atoms with Gasteiger partial charge in [0.1, 0.15) is 0 Å². The highest BCUT2D eigenvalue weighted by Crippen LogP contribution is 2.60.